The summed E-state index contributed by atoms with van der Waals surface area (Å²) in [6.07, 6.45) is -2.42. The molecule has 3 aromatic rings. The van der Waals surface area contributed by atoms with Crippen molar-refractivity contribution >= 4 is 22.5 Å². The Balaban J connectivity index is 1.48. The first-order chi connectivity index (χ1) is 17.0. The minimum atomic E-state index is -3.76. The van der Waals surface area contributed by atoms with Crippen molar-refractivity contribution in [1.82, 2.24) is 4.57 Å². The molecule has 192 valence electrons. The highest BCUT2D eigenvalue weighted by molar-refractivity contribution is 6.03. The normalized spacial score (nSPS) is 17.4. The first-order valence-electron chi connectivity index (χ1n) is 11.8. The molecule has 2 heterocycles. The van der Waals surface area contributed by atoms with Gasteiger partial charge >= 0.3 is 6.29 Å². The zero-order chi connectivity index (χ0) is 25.9. The Bertz CT molecular complexity index is 1350. The van der Waals surface area contributed by atoms with Crippen LogP contribution >= 0.6 is 0 Å². The average Bonchev–Trinajstić information content (AvgIpc) is 3.46. The fourth-order valence-corrected chi connectivity index (χ4v) is 4.78. The lowest BCUT2D eigenvalue weighted by Crippen LogP contribution is -2.28. The molecule has 10 heteroatoms. The summed E-state index contributed by atoms with van der Waals surface area (Å²) in [5.41, 5.74) is -0.179. The van der Waals surface area contributed by atoms with Crippen LogP contribution in [0.2, 0.25) is 0 Å². The number of carbonyl (C=O) groups is 1. The first-order valence-corrected chi connectivity index (χ1v) is 11.8. The molecule has 36 heavy (non-hydrogen) atoms. The predicted molar refractivity (Wildman–Crippen MR) is 126 cm³/mol. The summed E-state index contributed by atoms with van der Waals surface area (Å²) in [5.74, 6) is -1.33. The molecule has 1 saturated carbocycles. The van der Waals surface area contributed by atoms with Gasteiger partial charge in [-0.25, -0.2) is 4.39 Å². The third-order valence-electron chi connectivity index (χ3n) is 7.02. The predicted octanol–water partition coefficient (Wildman–Crippen LogP) is 4.42. The standard InChI is InChI=1S/C26H27F3N2O5/c1-24(2,14-33)20-12-15-4-6-17(21(27)22(15)31(20)10-3-11-32)30-23(34)25(8-9-25)16-5-7-18-19(13-16)36-26(28,29)35-18/h4-7,12-13,32-33H,3,8-11,14H2,1-2H3,(H,30,34). The number of aliphatic hydroxyl groups is 2. The molecule has 1 aliphatic carbocycles. The number of benzene rings is 2. The fourth-order valence-electron chi connectivity index (χ4n) is 4.78. The number of fused-ring (bicyclic) bond motifs is 2. The molecule has 0 bridgehead atoms. The molecule has 0 saturated heterocycles. The van der Waals surface area contributed by atoms with Gasteiger partial charge in [0.15, 0.2) is 17.3 Å². The summed E-state index contributed by atoms with van der Waals surface area (Å²) in [7, 11) is 0. The average molecular weight is 505 g/mol. The highest BCUT2D eigenvalue weighted by atomic mass is 19.3. The van der Waals surface area contributed by atoms with Crippen LogP contribution in [0.1, 0.15) is 44.4 Å². The Labute approximate surface area is 205 Å². The Hall–Kier alpha value is -3.24. The summed E-state index contributed by atoms with van der Waals surface area (Å²) < 4.78 is 53.3. The molecule has 1 amide bonds. The van der Waals surface area contributed by atoms with Crippen LogP contribution < -0.4 is 14.8 Å². The van der Waals surface area contributed by atoms with Crippen molar-refractivity contribution in [3.05, 3.63) is 53.5 Å². The maximum absolute atomic E-state index is 15.8. The summed E-state index contributed by atoms with van der Waals surface area (Å²) in [5, 5.41) is 22.5. The van der Waals surface area contributed by atoms with E-state index in [-0.39, 0.29) is 35.9 Å². The maximum Gasteiger partial charge on any atom is 0.586 e. The minimum Gasteiger partial charge on any atom is -0.396 e. The molecule has 1 aliphatic heterocycles. The number of aliphatic hydroxyl groups excluding tert-OH is 2. The van der Waals surface area contributed by atoms with Crippen LogP contribution in [0.15, 0.2) is 36.4 Å². The molecule has 3 N–H and O–H groups in total. The Morgan fingerprint density at radius 1 is 1.11 bits per heavy atom. The van der Waals surface area contributed by atoms with Crippen LogP contribution in [-0.4, -0.2) is 40.2 Å². The van der Waals surface area contributed by atoms with E-state index in [1.807, 2.05) is 19.9 Å². The van der Waals surface area contributed by atoms with Crippen molar-refractivity contribution in [2.45, 2.75) is 56.8 Å². The van der Waals surface area contributed by atoms with Crippen molar-refractivity contribution in [3.63, 3.8) is 0 Å². The van der Waals surface area contributed by atoms with Crippen molar-refractivity contribution in [3.8, 4) is 11.5 Å². The third-order valence-corrected chi connectivity index (χ3v) is 7.02. The van der Waals surface area contributed by atoms with E-state index in [1.165, 1.54) is 18.2 Å². The van der Waals surface area contributed by atoms with Crippen LogP contribution in [-0.2, 0) is 22.2 Å². The summed E-state index contributed by atoms with van der Waals surface area (Å²) in [4.78, 5) is 13.3. The van der Waals surface area contributed by atoms with Gasteiger partial charge in [-0.3, -0.25) is 4.79 Å². The van der Waals surface area contributed by atoms with Gasteiger partial charge in [0.25, 0.3) is 0 Å². The zero-order valence-corrected chi connectivity index (χ0v) is 19.9. The molecular weight excluding hydrogens is 477 g/mol. The number of hydrogen-bond acceptors (Lipinski definition) is 5. The molecule has 0 unspecified atom stereocenters. The van der Waals surface area contributed by atoms with Gasteiger partial charge in [-0.05, 0) is 49.1 Å². The Kier molecular flexibility index (Phi) is 5.72. The molecule has 7 nitrogen and oxygen atoms in total. The topological polar surface area (TPSA) is 93.0 Å². The van der Waals surface area contributed by atoms with Gasteiger partial charge < -0.3 is 29.6 Å². The molecule has 2 aromatic carbocycles. The van der Waals surface area contributed by atoms with Crippen LogP contribution in [0, 0.1) is 5.82 Å². The number of aromatic nitrogens is 1. The lowest BCUT2D eigenvalue weighted by molar-refractivity contribution is -0.286. The van der Waals surface area contributed by atoms with Crippen molar-refractivity contribution in [2.75, 3.05) is 18.5 Å². The number of ether oxygens (including phenoxy) is 2. The number of aryl methyl sites for hydroxylation is 1. The van der Waals surface area contributed by atoms with E-state index in [4.69, 9.17) is 0 Å². The number of halogens is 3. The highest BCUT2D eigenvalue weighted by Gasteiger charge is 2.53. The van der Waals surface area contributed by atoms with Crippen molar-refractivity contribution < 1.29 is 37.7 Å². The van der Waals surface area contributed by atoms with Gasteiger partial charge in [0, 0.05) is 29.6 Å². The SMILES string of the molecule is CC(C)(CO)c1cc2ccc(NC(=O)C3(c4ccc5c(c4)OC(F)(F)O5)CC3)c(F)c2n1CCCO. The molecule has 0 atom stereocenters. The van der Waals surface area contributed by atoms with Gasteiger partial charge in [-0.2, -0.15) is 0 Å². The van der Waals surface area contributed by atoms with Gasteiger partial charge in [-0.1, -0.05) is 26.0 Å². The second-order valence-corrected chi connectivity index (χ2v) is 10.0. The Morgan fingerprint density at radius 3 is 2.50 bits per heavy atom. The monoisotopic (exact) mass is 504 g/mol. The van der Waals surface area contributed by atoms with Gasteiger partial charge in [0.2, 0.25) is 5.91 Å². The van der Waals surface area contributed by atoms with Crippen LogP contribution in [0.3, 0.4) is 0 Å². The van der Waals surface area contributed by atoms with Crippen molar-refractivity contribution in [2.24, 2.45) is 0 Å². The number of hydrogen-bond donors (Lipinski definition) is 3. The second kappa shape index (κ2) is 8.41. The van der Waals surface area contributed by atoms with E-state index in [2.05, 4.69) is 14.8 Å². The number of amides is 1. The van der Waals surface area contributed by atoms with E-state index in [1.54, 1.807) is 16.7 Å². The zero-order valence-electron chi connectivity index (χ0n) is 19.9. The van der Waals surface area contributed by atoms with Crippen molar-refractivity contribution in [1.29, 1.82) is 0 Å². The molecule has 2 aliphatic rings. The number of alkyl halides is 2. The van der Waals surface area contributed by atoms with Crippen LogP contribution in [0.4, 0.5) is 18.9 Å². The number of carbonyl (C=O) groups excluding carboxylic acids is 1. The molecule has 0 radical (unpaired) electrons. The molecular formula is C26H27F3N2O5. The summed E-state index contributed by atoms with van der Waals surface area (Å²) in [6.45, 7) is 3.78. The van der Waals surface area contributed by atoms with Gasteiger partial charge in [-0.15, -0.1) is 8.78 Å². The number of anilines is 1. The van der Waals surface area contributed by atoms with E-state index in [0.717, 1.165) is 0 Å². The largest absolute Gasteiger partial charge is 0.586 e. The van der Waals surface area contributed by atoms with Gasteiger partial charge in [0.1, 0.15) is 0 Å². The lowest BCUT2D eigenvalue weighted by atomic mass is 9.90. The second-order valence-electron chi connectivity index (χ2n) is 10.0. The fraction of sp³-hybridized carbons (Fsp3) is 0.423. The quantitative estimate of drug-likeness (QED) is 0.422. The lowest BCUT2D eigenvalue weighted by Gasteiger charge is -2.24. The number of nitrogens with zero attached hydrogens (tertiary/aromatic N) is 1. The third kappa shape index (κ3) is 3.98. The smallest absolute Gasteiger partial charge is 0.396 e. The van der Waals surface area contributed by atoms with Gasteiger partial charge in [0.05, 0.1) is 23.2 Å². The highest BCUT2D eigenvalue weighted by Crippen LogP contribution is 2.52. The minimum absolute atomic E-state index is 0.0113. The summed E-state index contributed by atoms with van der Waals surface area (Å²) >= 11 is 0. The molecule has 5 rings (SSSR count). The van der Waals surface area contributed by atoms with E-state index < -0.39 is 28.8 Å². The number of rotatable bonds is 8. The van der Waals surface area contributed by atoms with Crippen LogP contribution in [0.5, 0.6) is 11.5 Å². The van der Waals surface area contributed by atoms with E-state index >= 15 is 4.39 Å². The van der Waals surface area contributed by atoms with E-state index in [9.17, 15) is 23.8 Å². The summed E-state index contributed by atoms with van der Waals surface area (Å²) in [6, 6.07) is 9.23. The maximum atomic E-state index is 15.8. The molecule has 0 spiro atoms. The molecule has 1 fully saturated rings. The first kappa shape index (κ1) is 24.5. The van der Waals surface area contributed by atoms with E-state index in [0.29, 0.717) is 42.5 Å². The number of nitrogens with one attached hydrogen (secondary N) is 1. The Morgan fingerprint density at radius 2 is 1.83 bits per heavy atom. The van der Waals surface area contributed by atoms with Crippen LogP contribution in [0.25, 0.3) is 10.9 Å². The molecule has 1 aromatic heterocycles.